The van der Waals surface area contributed by atoms with Gasteiger partial charge in [0, 0.05) is 64.6 Å². The smallest absolute Gasteiger partial charge is 0.407 e. The van der Waals surface area contributed by atoms with Crippen molar-refractivity contribution in [2.24, 2.45) is 33.7 Å². The molecule has 4 aromatic rings. The lowest BCUT2D eigenvalue weighted by Crippen LogP contribution is -2.54. The van der Waals surface area contributed by atoms with Gasteiger partial charge in [0.05, 0.1) is 42.4 Å². The maximum absolute atomic E-state index is 14.1. The van der Waals surface area contributed by atoms with Gasteiger partial charge in [-0.3, -0.25) is 24.1 Å². The summed E-state index contributed by atoms with van der Waals surface area (Å²) in [4.78, 5) is 69.2. The zero-order chi connectivity index (χ0) is 47.6. The highest BCUT2D eigenvalue weighted by molar-refractivity contribution is 7.12. The fraction of sp³-hybridized carbons (Fsp3) is 0.491. The van der Waals surface area contributed by atoms with Crippen molar-refractivity contribution in [1.82, 2.24) is 25.0 Å². The lowest BCUT2D eigenvalue weighted by molar-refractivity contribution is -0.136. The van der Waals surface area contributed by atoms with Gasteiger partial charge < -0.3 is 34.6 Å². The number of alkyl carbamates (subject to hydrolysis) is 2. The van der Waals surface area contributed by atoms with E-state index >= 15 is 0 Å². The van der Waals surface area contributed by atoms with Gasteiger partial charge in [-0.25, -0.2) is 9.59 Å². The van der Waals surface area contributed by atoms with Crippen molar-refractivity contribution in [2.75, 3.05) is 14.2 Å². The Morgan fingerprint density at radius 3 is 1.79 bits per heavy atom. The number of hydrogen-bond acceptors (Lipinski definition) is 10. The van der Waals surface area contributed by atoms with Crippen molar-refractivity contribution in [3.63, 3.8) is 0 Å². The first kappa shape index (κ1) is 46.2. The molecule has 7 heterocycles. The summed E-state index contributed by atoms with van der Waals surface area (Å²) in [7, 11) is 2.64. The zero-order valence-corrected chi connectivity index (χ0v) is 40.8. The maximum Gasteiger partial charge on any atom is 0.407 e. The first-order chi connectivity index (χ1) is 33.4. The zero-order valence-electron chi connectivity index (χ0n) is 39.9. The number of allylic oxidation sites excluding steroid dienone is 2. The van der Waals surface area contributed by atoms with Gasteiger partial charge in [-0.1, -0.05) is 47.3 Å². The normalized spacial score (nSPS) is 26.4. The number of nitrogens with zero attached hydrogens (tertiary/aromatic N) is 5. The van der Waals surface area contributed by atoms with Crippen LogP contribution in [0.1, 0.15) is 120 Å². The molecule has 2 N–H and O–H groups in total. The highest BCUT2D eigenvalue weighted by Gasteiger charge is 2.58. The van der Waals surface area contributed by atoms with Gasteiger partial charge >= 0.3 is 12.2 Å². The monoisotopic (exact) mass is 965 g/mol. The number of amides is 4. The second kappa shape index (κ2) is 17.6. The summed E-state index contributed by atoms with van der Waals surface area (Å²) in [5.74, 6) is 2.05. The van der Waals surface area contributed by atoms with Gasteiger partial charge in [-0.2, -0.15) is 0 Å². The Labute approximate surface area is 413 Å². The van der Waals surface area contributed by atoms with E-state index in [1.165, 1.54) is 36.8 Å². The highest BCUT2D eigenvalue weighted by Crippen LogP contribution is 2.53. The Morgan fingerprint density at radius 1 is 0.700 bits per heavy atom. The van der Waals surface area contributed by atoms with Gasteiger partial charge in [-0.15, -0.1) is 11.3 Å². The summed E-state index contributed by atoms with van der Waals surface area (Å²) in [5.41, 5.74) is 9.53. The molecular formula is C55H63N7O7S. The van der Waals surface area contributed by atoms with Gasteiger partial charge in [0.2, 0.25) is 18.0 Å². The predicted octanol–water partition coefficient (Wildman–Crippen LogP) is 9.93. The third-order valence-corrected chi connectivity index (χ3v) is 17.2. The third-order valence-electron chi connectivity index (χ3n) is 16.0. The number of rotatable bonds is 12. The number of piperidine rings is 2. The van der Waals surface area contributed by atoms with E-state index in [0.717, 1.165) is 87.3 Å². The second-order valence-electron chi connectivity index (χ2n) is 21.1. The minimum atomic E-state index is -0.674. The molecule has 12 rings (SSSR count). The van der Waals surface area contributed by atoms with Crippen LogP contribution in [0.25, 0.3) is 33.3 Å². The number of aliphatic imine (C=N–C) groups is 2. The van der Waals surface area contributed by atoms with Gasteiger partial charge in [0.1, 0.15) is 17.8 Å². The molecule has 2 saturated heterocycles. The molecular weight excluding hydrogens is 903 g/mol. The summed E-state index contributed by atoms with van der Waals surface area (Å²) >= 11 is 1.85. The van der Waals surface area contributed by atoms with Crippen LogP contribution in [-0.4, -0.2) is 100 Å². The number of nitrogens with one attached hydrogen (secondary N) is 2. The van der Waals surface area contributed by atoms with Crippen LogP contribution < -0.4 is 15.4 Å². The number of thiophene rings is 1. The largest absolute Gasteiger partial charge is 0.464 e. The summed E-state index contributed by atoms with van der Waals surface area (Å²) in [5, 5.41) is 6.70. The van der Waals surface area contributed by atoms with E-state index in [0.29, 0.717) is 30.6 Å². The van der Waals surface area contributed by atoms with E-state index in [9.17, 15) is 19.2 Å². The van der Waals surface area contributed by atoms with Crippen LogP contribution >= 0.6 is 11.3 Å². The molecule has 9 atom stereocenters. The molecule has 4 amide bonds. The SMILES string of the molecule is C.COC(=O)N[C@H](C(=O)N1[C@@H]2C[C@@H]2C[C@H]1C1=NC=C(c2ccc3c(c2)OC(c2ccc(C4CC4)s2)n2c-3cc3cc(C4=CN=C([C@@H]5C[C@H]6C[C@H]6N5C(=O)[C@@H](NC(=O)OC)C(C)C)C4)ccc32)C1)C(C)C. The molecule has 2 aromatic carbocycles. The van der Waals surface area contributed by atoms with Crippen LogP contribution in [0.15, 0.2) is 77.0 Å². The molecule has 14 nitrogen and oxygen atoms in total. The molecule has 3 saturated carbocycles. The van der Waals surface area contributed by atoms with E-state index in [4.69, 9.17) is 24.2 Å². The predicted molar refractivity (Wildman–Crippen MR) is 272 cm³/mol. The molecule has 0 bridgehead atoms. The minimum absolute atomic E-state index is 0. The molecule has 3 aliphatic carbocycles. The Hall–Kier alpha value is -6.22. The first-order valence-corrected chi connectivity index (χ1v) is 25.6. The number of methoxy groups -OCH3 is 2. The first-order valence-electron chi connectivity index (χ1n) is 24.8. The van der Waals surface area contributed by atoms with Crippen molar-refractivity contribution in [1.29, 1.82) is 0 Å². The summed E-state index contributed by atoms with van der Waals surface area (Å²) in [6, 6.07) is 18.8. The molecule has 1 unspecified atom stereocenters. The van der Waals surface area contributed by atoms with E-state index in [1.54, 1.807) is 0 Å². The summed E-state index contributed by atoms with van der Waals surface area (Å²) in [6.07, 6.45) is 9.88. The third kappa shape index (κ3) is 7.92. The van der Waals surface area contributed by atoms with E-state index in [2.05, 4.69) is 69.8 Å². The van der Waals surface area contributed by atoms with Crippen LogP contribution in [0.4, 0.5) is 9.59 Å². The lowest BCUT2D eigenvalue weighted by Gasteiger charge is -2.33. The van der Waals surface area contributed by atoms with Crippen LogP contribution in [0.5, 0.6) is 5.75 Å². The average molecular weight is 966 g/mol. The van der Waals surface area contributed by atoms with Crippen LogP contribution in [-0.2, 0) is 19.1 Å². The molecule has 8 aliphatic rings. The molecule has 70 heavy (non-hydrogen) atoms. The van der Waals surface area contributed by atoms with Gasteiger partial charge in [-0.05, 0) is 133 Å². The van der Waals surface area contributed by atoms with E-state index in [-0.39, 0.29) is 61.5 Å². The number of aromatic nitrogens is 1. The second-order valence-corrected chi connectivity index (χ2v) is 22.3. The average Bonchev–Trinajstić information content (AvgIpc) is 4.15. The molecule has 0 spiro atoms. The fourth-order valence-corrected chi connectivity index (χ4v) is 13.1. The highest BCUT2D eigenvalue weighted by atomic mass is 32.1. The number of fused-ring (bicyclic) bond motifs is 7. The van der Waals surface area contributed by atoms with Gasteiger partial charge in [0.15, 0.2) is 0 Å². The number of likely N-dealkylation sites (tertiary alicyclic amines) is 2. The Balaban J connectivity index is 0.00000533. The Morgan fingerprint density at radius 2 is 1.24 bits per heavy atom. The van der Waals surface area contributed by atoms with Crippen LogP contribution in [0, 0.1) is 23.7 Å². The van der Waals surface area contributed by atoms with Crippen LogP contribution in [0.3, 0.4) is 0 Å². The van der Waals surface area contributed by atoms with Crippen molar-refractivity contribution >= 4 is 68.8 Å². The molecule has 366 valence electrons. The number of carbonyl (C=O) groups excluding carboxylic acids is 4. The number of benzene rings is 2. The van der Waals surface area contributed by atoms with Crippen molar-refractivity contribution < 1.29 is 33.4 Å². The minimum Gasteiger partial charge on any atom is -0.464 e. The van der Waals surface area contributed by atoms with E-state index in [1.807, 2.05) is 61.2 Å². The van der Waals surface area contributed by atoms with Crippen LogP contribution in [0.2, 0.25) is 0 Å². The molecule has 5 fully saturated rings. The number of ether oxygens (including phenoxy) is 3. The van der Waals surface area contributed by atoms with Crippen molar-refractivity contribution in [2.45, 2.75) is 135 Å². The van der Waals surface area contributed by atoms with E-state index < -0.39 is 24.3 Å². The topological polar surface area (TPSA) is 156 Å². The maximum atomic E-state index is 14.1. The molecule has 5 aliphatic heterocycles. The quantitative estimate of drug-likeness (QED) is 0.143. The Kier molecular flexibility index (Phi) is 11.6. The molecule has 15 heteroatoms. The van der Waals surface area contributed by atoms with Crippen molar-refractivity contribution in [3.8, 4) is 17.0 Å². The number of carbonyl (C=O) groups is 4. The van der Waals surface area contributed by atoms with Crippen molar-refractivity contribution in [3.05, 3.63) is 87.9 Å². The van der Waals surface area contributed by atoms with Gasteiger partial charge in [0.25, 0.3) is 0 Å². The standard InChI is InChI=1S/C54H59N7O7S.CH4/c1-26(2)48(57-53(64)66-5)50(62)59-40-18-32(40)21-43(59)37-16-34(24-55-37)29-10-12-39-31(15-29)20-42-36-11-9-30(23-45(36)68-52(61(39)42)47-14-13-46(69-47)28-7-8-28)35-17-38(56-25-35)44-22-33-19-41(33)60(44)51(63)49(27(3)4)58-54(65)67-6;/h9-15,20,23-28,32-33,40-41,43-44,48-49,52H,7-8,16-19,21-22H2,1-6H3,(H,57,64)(H,58,65);1H4/t32-,33-,40-,41-,43+,44+,48+,49+,52?;/m1./s1. The fourth-order valence-electron chi connectivity index (χ4n) is 11.9. The summed E-state index contributed by atoms with van der Waals surface area (Å²) in [6.45, 7) is 7.78. The Bertz CT molecular complexity index is 2960. The number of hydrogen-bond donors (Lipinski definition) is 2. The summed E-state index contributed by atoms with van der Waals surface area (Å²) < 4.78 is 19.2. The lowest BCUT2D eigenvalue weighted by atomic mass is 9.95. The molecule has 0 radical (unpaired) electrons. The molecule has 2 aromatic heterocycles.